The normalized spacial score (nSPS) is 32.0. The second kappa shape index (κ2) is 11.3. The summed E-state index contributed by atoms with van der Waals surface area (Å²) in [4.78, 5) is 0. The van der Waals surface area contributed by atoms with Crippen molar-refractivity contribution in [3.63, 3.8) is 0 Å². The van der Waals surface area contributed by atoms with Crippen molar-refractivity contribution in [2.45, 2.75) is 131 Å². The Labute approximate surface area is 182 Å². The summed E-state index contributed by atoms with van der Waals surface area (Å²) in [5, 5.41) is 20.6. The van der Waals surface area contributed by atoms with Crippen LogP contribution >= 0.6 is 0 Å². The van der Waals surface area contributed by atoms with Crippen LogP contribution in [0, 0.1) is 28.6 Å². The quantitative estimate of drug-likeness (QED) is 0.387. The Balaban J connectivity index is 0.00000204. The molecule has 2 rings (SSSR count). The first kappa shape index (κ1) is 26.7. The van der Waals surface area contributed by atoms with E-state index in [1.165, 1.54) is 44.9 Å². The average Bonchev–Trinajstić information content (AvgIpc) is 2.99. The smallest absolute Gasteiger partial charge is 0.0626 e. The molecule has 0 amide bonds. The van der Waals surface area contributed by atoms with Crippen LogP contribution in [-0.2, 0) is 0 Å². The number of rotatable bonds is 9. The van der Waals surface area contributed by atoms with Gasteiger partial charge in [-0.2, -0.15) is 0 Å². The lowest BCUT2D eigenvalue weighted by Gasteiger charge is -2.50. The predicted molar refractivity (Wildman–Crippen MR) is 127 cm³/mol. The Kier molecular flexibility index (Phi) is 10.4. The third-order valence-corrected chi connectivity index (χ3v) is 7.83. The van der Waals surface area contributed by atoms with Crippen LogP contribution in [0.1, 0.15) is 120 Å². The van der Waals surface area contributed by atoms with Crippen LogP contribution < -0.4 is 0 Å². The van der Waals surface area contributed by atoms with E-state index in [2.05, 4.69) is 39.8 Å². The molecule has 0 aromatic carbocycles. The van der Waals surface area contributed by atoms with Crippen LogP contribution in [0.15, 0.2) is 12.2 Å². The summed E-state index contributed by atoms with van der Waals surface area (Å²) >= 11 is 0. The summed E-state index contributed by atoms with van der Waals surface area (Å²) in [6.07, 6.45) is 16.1. The van der Waals surface area contributed by atoms with Gasteiger partial charge in [0.1, 0.15) is 0 Å². The lowest BCUT2D eigenvalue weighted by Crippen LogP contribution is -2.44. The van der Waals surface area contributed by atoms with Gasteiger partial charge in [-0.05, 0) is 87.4 Å². The highest BCUT2D eigenvalue weighted by molar-refractivity contribution is 5.07. The van der Waals surface area contributed by atoms with E-state index in [1.807, 2.05) is 27.7 Å². The molecular formula is C27H52O2. The maximum Gasteiger partial charge on any atom is 0.0626 e. The van der Waals surface area contributed by atoms with Gasteiger partial charge in [0.2, 0.25) is 0 Å². The summed E-state index contributed by atoms with van der Waals surface area (Å²) < 4.78 is 0. The topological polar surface area (TPSA) is 40.5 Å². The lowest BCUT2D eigenvalue weighted by molar-refractivity contribution is -0.0490. The van der Waals surface area contributed by atoms with E-state index in [9.17, 15) is 10.2 Å². The zero-order valence-electron chi connectivity index (χ0n) is 20.9. The molecule has 0 aliphatic heterocycles. The van der Waals surface area contributed by atoms with Gasteiger partial charge < -0.3 is 10.2 Å². The fourth-order valence-electron chi connectivity index (χ4n) is 6.35. The van der Waals surface area contributed by atoms with Crippen LogP contribution in [0.2, 0.25) is 0 Å². The highest BCUT2D eigenvalue weighted by Gasteiger charge is 2.55. The minimum absolute atomic E-state index is 0.0839. The minimum Gasteiger partial charge on any atom is -0.393 e. The van der Waals surface area contributed by atoms with Crippen LogP contribution in [0.4, 0.5) is 0 Å². The summed E-state index contributed by atoms with van der Waals surface area (Å²) in [6, 6.07) is 0. The van der Waals surface area contributed by atoms with Crippen molar-refractivity contribution in [3.05, 3.63) is 12.2 Å². The standard InChI is InChI=1S/C25H46O2.C2H6/c1-19(2)11-9-17-24(5,16-8-7-15-23(3,4)27)22-14-13-20-21(26)12-10-18-25(20,22)6;1-2/h7-8,19-22,26-27H,9-18H2,1-6H3;1-2H3/b8-7-;/t20?,21?,22-,24?,25?;/m1./s1. The minimum atomic E-state index is -0.623. The molecule has 0 spiro atoms. The molecule has 2 heteroatoms. The van der Waals surface area contributed by atoms with Gasteiger partial charge in [0.25, 0.3) is 0 Å². The van der Waals surface area contributed by atoms with E-state index < -0.39 is 5.60 Å². The predicted octanol–water partition coefficient (Wildman–Crippen LogP) is 7.53. The van der Waals surface area contributed by atoms with Gasteiger partial charge in [-0.1, -0.05) is 73.0 Å². The third kappa shape index (κ3) is 7.39. The maximum atomic E-state index is 10.6. The number of hydrogen-bond acceptors (Lipinski definition) is 2. The highest BCUT2D eigenvalue weighted by Crippen LogP contribution is 2.62. The van der Waals surface area contributed by atoms with E-state index in [0.29, 0.717) is 22.7 Å². The SMILES string of the molecule is CC.CC(C)CCCC(C)(C/C=C\CC(C)(C)O)[C@H]1CCC2C(O)CCCC21C. The van der Waals surface area contributed by atoms with Crippen molar-refractivity contribution in [1.29, 1.82) is 0 Å². The molecule has 2 fully saturated rings. The molecule has 0 aromatic heterocycles. The van der Waals surface area contributed by atoms with Crippen molar-refractivity contribution < 1.29 is 10.2 Å². The van der Waals surface area contributed by atoms with Gasteiger partial charge in [0.05, 0.1) is 11.7 Å². The van der Waals surface area contributed by atoms with Crippen LogP contribution in [-0.4, -0.2) is 21.9 Å². The highest BCUT2D eigenvalue weighted by atomic mass is 16.3. The molecular weight excluding hydrogens is 356 g/mol. The van der Waals surface area contributed by atoms with Crippen LogP contribution in [0.3, 0.4) is 0 Å². The molecule has 29 heavy (non-hydrogen) atoms. The lowest BCUT2D eigenvalue weighted by atomic mass is 9.56. The zero-order chi connectivity index (χ0) is 22.3. The molecule has 0 saturated heterocycles. The molecule has 2 saturated carbocycles. The Bertz CT molecular complexity index is 489. The van der Waals surface area contributed by atoms with Crippen molar-refractivity contribution in [1.82, 2.24) is 0 Å². The second-order valence-corrected chi connectivity index (χ2v) is 11.3. The van der Waals surface area contributed by atoms with Gasteiger partial charge in [-0.15, -0.1) is 0 Å². The number of aliphatic hydroxyl groups is 2. The van der Waals surface area contributed by atoms with Gasteiger partial charge >= 0.3 is 0 Å². The van der Waals surface area contributed by atoms with Gasteiger partial charge in [0, 0.05) is 0 Å². The van der Waals surface area contributed by atoms with E-state index >= 15 is 0 Å². The Hall–Kier alpha value is -0.340. The second-order valence-electron chi connectivity index (χ2n) is 11.3. The van der Waals surface area contributed by atoms with Crippen LogP contribution in [0.5, 0.6) is 0 Å². The molecule has 0 bridgehead atoms. The van der Waals surface area contributed by atoms with Crippen molar-refractivity contribution in [3.8, 4) is 0 Å². The number of allylic oxidation sites excluding steroid dienone is 1. The molecule has 172 valence electrons. The van der Waals surface area contributed by atoms with E-state index in [4.69, 9.17) is 0 Å². The van der Waals surface area contributed by atoms with Crippen LogP contribution in [0.25, 0.3) is 0 Å². The fourth-order valence-corrected chi connectivity index (χ4v) is 6.35. The van der Waals surface area contributed by atoms with Crippen molar-refractivity contribution in [2.75, 3.05) is 0 Å². The molecule has 4 unspecified atom stereocenters. The molecule has 2 aliphatic carbocycles. The average molecular weight is 409 g/mol. The third-order valence-electron chi connectivity index (χ3n) is 7.83. The summed E-state index contributed by atoms with van der Waals surface area (Å²) in [5.74, 6) is 1.97. The fraction of sp³-hybridized carbons (Fsp3) is 0.926. The maximum absolute atomic E-state index is 10.6. The Morgan fingerprint density at radius 2 is 1.66 bits per heavy atom. The largest absolute Gasteiger partial charge is 0.393 e. The Morgan fingerprint density at radius 1 is 1.03 bits per heavy atom. The molecule has 2 N–H and O–H groups in total. The molecule has 0 aromatic rings. The number of aliphatic hydroxyl groups excluding tert-OH is 1. The van der Waals surface area contributed by atoms with Crippen molar-refractivity contribution in [2.24, 2.45) is 28.6 Å². The summed E-state index contributed by atoms with van der Waals surface area (Å²) in [7, 11) is 0. The number of hydrogen-bond donors (Lipinski definition) is 2. The monoisotopic (exact) mass is 408 g/mol. The molecule has 0 radical (unpaired) electrons. The molecule has 5 atom stereocenters. The van der Waals surface area contributed by atoms with E-state index in [1.54, 1.807) is 0 Å². The molecule has 2 aliphatic rings. The van der Waals surface area contributed by atoms with Gasteiger partial charge in [-0.25, -0.2) is 0 Å². The first-order valence-electron chi connectivity index (χ1n) is 12.5. The van der Waals surface area contributed by atoms with E-state index in [-0.39, 0.29) is 6.10 Å². The summed E-state index contributed by atoms with van der Waals surface area (Å²) in [5.41, 5.74) is -0.0255. The zero-order valence-corrected chi connectivity index (χ0v) is 20.9. The summed E-state index contributed by atoms with van der Waals surface area (Å²) in [6.45, 7) is 17.4. The van der Waals surface area contributed by atoms with Gasteiger partial charge in [-0.3, -0.25) is 0 Å². The molecule has 2 nitrogen and oxygen atoms in total. The first-order chi connectivity index (χ1) is 13.5. The molecule has 0 heterocycles. The van der Waals surface area contributed by atoms with Gasteiger partial charge in [0.15, 0.2) is 0 Å². The van der Waals surface area contributed by atoms with E-state index in [0.717, 1.165) is 25.2 Å². The first-order valence-corrected chi connectivity index (χ1v) is 12.5. The number of fused-ring (bicyclic) bond motifs is 1. The van der Waals surface area contributed by atoms with Crippen molar-refractivity contribution >= 4 is 0 Å². The Morgan fingerprint density at radius 3 is 2.24 bits per heavy atom.